The van der Waals surface area contributed by atoms with E-state index >= 15 is 13.2 Å². The smallest absolute Gasteiger partial charge is 0.402 e. The molecule has 0 aliphatic carbocycles. The summed E-state index contributed by atoms with van der Waals surface area (Å²) < 4.78 is 51.5. The number of nitro benzene ring substituents is 1. The summed E-state index contributed by atoms with van der Waals surface area (Å²) in [7, 11) is 1.25. The number of anilines is 2. The van der Waals surface area contributed by atoms with Crippen molar-refractivity contribution in [2.75, 3.05) is 36.5 Å². The van der Waals surface area contributed by atoms with Crippen LogP contribution < -0.4 is 14.5 Å². The normalized spacial score (nSPS) is 14.6. The fourth-order valence-corrected chi connectivity index (χ4v) is 7.76. The van der Waals surface area contributed by atoms with Gasteiger partial charge in [-0.05, 0) is 128 Å². The van der Waals surface area contributed by atoms with E-state index in [9.17, 15) is 29.3 Å². The predicted molar refractivity (Wildman–Crippen MR) is 242 cm³/mol. The highest BCUT2D eigenvalue weighted by atomic mass is 19.4. The Kier molecular flexibility index (Phi) is 12.0. The van der Waals surface area contributed by atoms with Crippen LogP contribution in [0.5, 0.6) is 5.75 Å². The highest BCUT2D eigenvalue weighted by Crippen LogP contribution is 2.48. The van der Waals surface area contributed by atoms with Crippen LogP contribution in [0.15, 0.2) is 148 Å². The first kappa shape index (κ1) is 45.2. The minimum atomic E-state index is -4.92. The summed E-state index contributed by atoms with van der Waals surface area (Å²) in [6, 6.07) is 31.7. The second-order valence-corrected chi connectivity index (χ2v) is 15.8. The van der Waals surface area contributed by atoms with E-state index in [-0.39, 0.29) is 51.4 Å². The molecule has 0 saturated heterocycles. The fourth-order valence-electron chi connectivity index (χ4n) is 7.76. The van der Waals surface area contributed by atoms with Crippen LogP contribution in [0, 0.1) is 17.0 Å². The van der Waals surface area contributed by atoms with Gasteiger partial charge >= 0.3 is 6.18 Å². The number of halogens is 3. The Labute approximate surface area is 381 Å². The van der Waals surface area contributed by atoms with Crippen molar-refractivity contribution in [3.63, 3.8) is 0 Å². The van der Waals surface area contributed by atoms with Crippen LogP contribution in [-0.4, -0.2) is 66.4 Å². The number of hydrogen-bond acceptors (Lipinski definition) is 12. The number of likely N-dealkylation sites (N-methyl/N-ethyl adjacent to an activating group) is 1. The van der Waals surface area contributed by atoms with Crippen molar-refractivity contribution in [3.05, 3.63) is 176 Å². The third-order valence-corrected chi connectivity index (χ3v) is 11.8. The summed E-state index contributed by atoms with van der Waals surface area (Å²) in [5.74, 6) is -2.45. The van der Waals surface area contributed by atoms with Crippen LogP contribution in [0.25, 0.3) is 0 Å². The van der Waals surface area contributed by atoms with Crippen LogP contribution in [0.4, 0.5) is 53.0 Å². The number of nitrogens with zero attached hydrogens (tertiary/aromatic N) is 8. The third-order valence-electron chi connectivity index (χ3n) is 11.8. The lowest BCUT2D eigenvalue weighted by molar-refractivity contribution is -0.384. The van der Waals surface area contributed by atoms with Gasteiger partial charge in [0.05, 0.1) is 62.2 Å². The van der Waals surface area contributed by atoms with Crippen LogP contribution >= 0.6 is 0 Å². The average molecular weight is 909 g/mol. The molecule has 0 spiro atoms. The SMILES string of the molecule is CCN(CCOc1cc(N2C(=O)c3ccc(C(C)(c4ccc5c(c4)C(=O)N(C)C5=O)C(F)(F)F)cc3C2=O)ccc1C)c1ccc(N=Nc2ccc(N=Nc3ccc([N+](=O)[O-])cc3)cc2)cc1. The van der Waals surface area contributed by atoms with Gasteiger partial charge in [-0.25, -0.2) is 4.90 Å². The zero-order valence-electron chi connectivity index (χ0n) is 36.3. The number of nitro groups is 1. The Balaban J connectivity index is 0.907. The maximum absolute atomic E-state index is 15.1. The highest BCUT2D eigenvalue weighted by molar-refractivity contribution is 6.34. The van der Waals surface area contributed by atoms with Gasteiger partial charge in [0.2, 0.25) is 0 Å². The standard InChI is InChI=1S/C49H39F3N8O7/c1-5-58(36-18-13-34(14-19-36)55-53-32-9-11-33(12-10-32)54-56-35-15-20-37(21-16-35)60(65)66)24-25-67-43-28-38(17-6-29(43)2)59-46(63)40-23-8-31(27-42(40)47(59)64)48(3,49(50,51)52)30-7-22-39-41(26-30)45(62)57(4)44(39)61/h6-23,26-28H,5,24-25H2,1-4H3. The van der Waals surface area contributed by atoms with Crippen molar-refractivity contribution in [2.45, 2.75) is 32.4 Å². The zero-order valence-corrected chi connectivity index (χ0v) is 36.3. The molecular formula is C49H39F3N8O7. The number of carbonyl (C=O) groups excluding carboxylic acids is 4. The Morgan fingerprint density at radius 3 is 1.61 bits per heavy atom. The molecule has 8 rings (SSSR count). The molecule has 6 aromatic carbocycles. The fraction of sp³-hybridized carbons (Fsp3) is 0.184. The van der Waals surface area contributed by atoms with Crippen LogP contribution in [0.3, 0.4) is 0 Å². The molecule has 67 heavy (non-hydrogen) atoms. The van der Waals surface area contributed by atoms with Crippen molar-refractivity contribution >= 4 is 63.4 Å². The number of carbonyl (C=O) groups is 4. The summed E-state index contributed by atoms with van der Waals surface area (Å²) in [5.41, 5.74) is 0.213. The number of non-ortho nitro benzene ring substituents is 1. The monoisotopic (exact) mass is 908 g/mol. The minimum Gasteiger partial charge on any atom is -0.491 e. The second kappa shape index (κ2) is 17.9. The van der Waals surface area contributed by atoms with Crippen molar-refractivity contribution in [1.29, 1.82) is 0 Å². The van der Waals surface area contributed by atoms with E-state index in [4.69, 9.17) is 4.74 Å². The van der Waals surface area contributed by atoms with Gasteiger partial charge in [0.25, 0.3) is 29.3 Å². The molecule has 338 valence electrons. The summed E-state index contributed by atoms with van der Waals surface area (Å²) >= 11 is 0. The third kappa shape index (κ3) is 8.63. The number of amides is 4. The van der Waals surface area contributed by atoms with E-state index in [1.54, 1.807) is 49.4 Å². The molecule has 2 aliphatic rings. The molecule has 0 radical (unpaired) electrons. The number of aryl methyl sites for hydroxylation is 1. The number of alkyl halides is 3. The predicted octanol–water partition coefficient (Wildman–Crippen LogP) is 11.5. The number of azo groups is 2. The van der Waals surface area contributed by atoms with E-state index in [0.717, 1.165) is 52.2 Å². The van der Waals surface area contributed by atoms with Crippen molar-refractivity contribution in [1.82, 2.24) is 4.90 Å². The highest BCUT2D eigenvalue weighted by Gasteiger charge is 2.55. The molecular weight excluding hydrogens is 870 g/mol. The molecule has 15 nitrogen and oxygen atoms in total. The molecule has 2 aliphatic heterocycles. The molecule has 0 bridgehead atoms. The summed E-state index contributed by atoms with van der Waals surface area (Å²) in [6.07, 6.45) is -4.92. The first-order valence-corrected chi connectivity index (χ1v) is 20.8. The van der Waals surface area contributed by atoms with E-state index in [1.165, 1.54) is 43.4 Å². The van der Waals surface area contributed by atoms with Crippen LogP contribution in [0.2, 0.25) is 0 Å². The second-order valence-electron chi connectivity index (χ2n) is 15.8. The first-order valence-electron chi connectivity index (χ1n) is 20.8. The van der Waals surface area contributed by atoms with Crippen molar-refractivity contribution in [3.8, 4) is 5.75 Å². The van der Waals surface area contributed by atoms with Crippen LogP contribution in [0.1, 0.15) is 72.0 Å². The number of imide groups is 2. The summed E-state index contributed by atoms with van der Waals surface area (Å²) in [5, 5.41) is 27.7. The number of hydrogen-bond donors (Lipinski definition) is 0. The van der Waals surface area contributed by atoms with E-state index < -0.39 is 40.1 Å². The Hall–Kier alpha value is -8.41. The molecule has 1 atom stereocenters. The Morgan fingerprint density at radius 1 is 0.642 bits per heavy atom. The van der Waals surface area contributed by atoms with Gasteiger partial charge in [-0.15, -0.1) is 0 Å². The maximum Gasteiger partial charge on any atom is 0.402 e. The van der Waals surface area contributed by atoms with Gasteiger partial charge in [-0.1, -0.05) is 18.2 Å². The number of rotatable bonds is 14. The lowest BCUT2D eigenvalue weighted by Crippen LogP contribution is -2.41. The Bertz CT molecular complexity index is 3030. The van der Waals surface area contributed by atoms with E-state index in [0.29, 0.717) is 41.6 Å². The topological polar surface area (TPSA) is 180 Å². The van der Waals surface area contributed by atoms with Crippen molar-refractivity contribution in [2.24, 2.45) is 20.5 Å². The van der Waals surface area contributed by atoms with Gasteiger partial charge in [-0.2, -0.15) is 33.6 Å². The Morgan fingerprint density at radius 2 is 1.10 bits per heavy atom. The number of fused-ring (bicyclic) bond motifs is 2. The first-order chi connectivity index (χ1) is 32.0. The van der Waals surface area contributed by atoms with Gasteiger partial charge in [0.1, 0.15) is 17.8 Å². The van der Waals surface area contributed by atoms with Gasteiger partial charge < -0.3 is 9.64 Å². The summed E-state index contributed by atoms with van der Waals surface area (Å²) in [4.78, 5) is 67.0. The van der Waals surface area contributed by atoms with Crippen LogP contribution in [-0.2, 0) is 5.41 Å². The van der Waals surface area contributed by atoms with Crippen molar-refractivity contribution < 1.29 is 42.0 Å². The molecule has 2 heterocycles. The molecule has 4 amide bonds. The van der Waals surface area contributed by atoms with E-state index in [1.807, 2.05) is 31.2 Å². The zero-order chi connectivity index (χ0) is 47.8. The quantitative estimate of drug-likeness (QED) is 0.0448. The number of benzene rings is 6. The number of ether oxygens (including phenoxy) is 1. The molecule has 1 unspecified atom stereocenters. The van der Waals surface area contributed by atoms with Gasteiger partial charge in [0.15, 0.2) is 0 Å². The molecule has 6 aromatic rings. The van der Waals surface area contributed by atoms with Gasteiger partial charge in [-0.3, -0.25) is 34.2 Å². The van der Waals surface area contributed by atoms with E-state index in [2.05, 4.69) is 25.4 Å². The lowest BCUT2D eigenvalue weighted by atomic mass is 9.74. The minimum absolute atomic E-state index is 0.00494. The average Bonchev–Trinajstić information content (AvgIpc) is 3.71. The lowest BCUT2D eigenvalue weighted by Gasteiger charge is -2.33. The summed E-state index contributed by atoms with van der Waals surface area (Å²) in [6.45, 7) is 6.06. The maximum atomic E-state index is 15.1. The molecule has 0 fully saturated rings. The molecule has 0 aromatic heterocycles. The largest absolute Gasteiger partial charge is 0.491 e. The van der Waals surface area contributed by atoms with Gasteiger partial charge in [0, 0.05) is 37.5 Å². The molecule has 18 heteroatoms. The molecule has 0 saturated carbocycles. The molecule has 0 N–H and O–H groups in total.